The molecule has 0 bridgehead atoms. The Hall–Kier alpha value is -1.47. The van der Waals surface area contributed by atoms with Gasteiger partial charge in [0, 0.05) is 11.8 Å². The van der Waals surface area contributed by atoms with E-state index in [1.807, 2.05) is 38.1 Å². The molecule has 0 aliphatic carbocycles. The molecular formula is C12H15N3S. The summed E-state index contributed by atoms with van der Waals surface area (Å²) >= 11 is 1.52. The van der Waals surface area contributed by atoms with E-state index < -0.39 is 0 Å². The van der Waals surface area contributed by atoms with Gasteiger partial charge in [0.1, 0.15) is 0 Å². The van der Waals surface area contributed by atoms with Crippen LogP contribution in [0.15, 0.2) is 29.3 Å². The third-order valence-electron chi connectivity index (χ3n) is 1.86. The molecule has 0 atom stereocenters. The van der Waals surface area contributed by atoms with E-state index in [0.29, 0.717) is 10.7 Å². The van der Waals surface area contributed by atoms with Crippen molar-refractivity contribution in [2.24, 2.45) is 10.7 Å². The first-order chi connectivity index (χ1) is 7.61. The zero-order valence-electron chi connectivity index (χ0n) is 9.47. The second-order valence-electron chi connectivity index (χ2n) is 3.66. The van der Waals surface area contributed by atoms with Crippen LogP contribution in [0.5, 0.6) is 0 Å². The van der Waals surface area contributed by atoms with E-state index in [1.54, 1.807) is 0 Å². The van der Waals surface area contributed by atoms with Gasteiger partial charge < -0.3 is 5.73 Å². The van der Waals surface area contributed by atoms with Crippen LogP contribution in [0.2, 0.25) is 0 Å². The highest BCUT2D eigenvalue weighted by Gasteiger charge is 1.98. The summed E-state index contributed by atoms with van der Waals surface area (Å²) in [7, 11) is 0. The van der Waals surface area contributed by atoms with Gasteiger partial charge in [0.25, 0.3) is 0 Å². The SMILES string of the molecule is CC(C)N=C(N)SCc1ccc(C#N)cc1. The first-order valence-corrected chi connectivity index (χ1v) is 6.05. The van der Waals surface area contributed by atoms with E-state index >= 15 is 0 Å². The predicted octanol–water partition coefficient (Wildman–Crippen LogP) is 2.51. The Balaban J connectivity index is 2.52. The molecular weight excluding hydrogens is 218 g/mol. The highest BCUT2D eigenvalue weighted by atomic mass is 32.2. The van der Waals surface area contributed by atoms with Crippen LogP contribution in [-0.2, 0) is 5.75 Å². The van der Waals surface area contributed by atoms with Crippen LogP contribution in [0.1, 0.15) is 25.0 Å². The molecule has 0 saturated heterocycles. The standard InChI is InChI=1S/C12H15N3S/c1-9(2)15-12(14)16-8-11-5-3-10(7-13)4-6-11/h3-6,9H,8H2,1-2H3,(H2,14,15). The molecule has 16 heavy (non-hydrogen) atoms. The third-order valence-corrected chi connectivity index (χ3v) is 2.73. The average Bonchev–Trinajstić information content (AvgIpc) is 2.26. The molecule has 0 unspecified atom stereocenters. The smallest absolute Gasteiger partial charge is 0.154 e. The van der Waals surface area contributed by atoms with Crippen LogP contribution >= 0.6 is 11.8 Å². The van der Waals surface area contributed by atoms with Crippen LogP contribution < -0.4 is 5.73 Å². The third kappa shape index (κ3) is 4.37. The highest BCUT2D eigenvalue weighted by molar-refractivity contribution is 8.13. The van der Waals surface area contributed by atoms with Crippen molar-refractivity contribution in [3.8, 4) is 6.07 Å². The summed E-state index contributed by atoms with van der Waals surface area (Å²) in [6.07, 6.45) is 0. The van der Waals surface area contributed by atoms with Gasteiger partial charge in [-0.15, -0.1) is 0 Å². The second kappa shape index (κ2) is 6.19. The van der Waals surface area contributed by atoms with Crippen molar-refractivity contribution < 1.29 is 0 Å². The van der Waals surface area contributed by atoms with Gasteiger partial charge in [-0.1, -0.05) is 23.9 Å². The molecule has 0 aliphatic heterocycles. The topological polar surface area (TPSA) is 62.2 Å². The number of nitrogens with zero attached hydrogens (tertiary/aromatic N) is 2. The molecule has 1 rings (SSSR count). The van der Waals surface area contributed by atoms with E-state index in [2.05, 4.69) is 11.1 Å². The summed E-state index contributed by atoms with van der Waals surface area (Å²) in [4.78, 5) is 4.23. The lowest BCUT2D eigenvalue weighted by Gasteiger charge is -2.03. The first-order valence-electron chi connectivity index (χ1n) is 5.07. The molecule has 84 valence electrons. The maximum absolute atomic E-state index is 8.65. The van der Waals surface area contributed by atoms with Gasteiger partial charge in [-0.25, -0.2) is 0 Å². The van der Waals surface area contributed by atoms with Crippen molar-refractivity contribution >= 4 is 16.9 Å². The fourth-order valence-corrected chi connectivity index (χ4v) is 1.92. The summed E-state index contributed by atoms with van der Waals surface area (Å²) in [5, 5.41) is 9.26. The minimum atomic E-state index is 0.230. The van der Waals surface area contributed by atoms with Gasteiger partial charge in [-0.3, -0.25) is 4.99 Å². The normalized spacial score (nSPS) is 11.5. The second-order valence-corrected chi connectivity index (χ2v) is 4.65. The van der Waals surface area contributed by atoms with Gasteiger partial charge in [-0.05, 0) is 31.5 Å². The summed E-state index contributed by atoms with van der Waals surface area (Å²) < 4.78 is 0. The maximum Gasteiger partial charge on any atom is 0.154 e. The summed E-state index contributed by atoms with van der Waals surface area (Å²) in [6.45, 7) is 3.99. The van der Waals surface area contributed by atoms with Crippen molar-refractivity contribution in [1.82, 2.24) is 0 Å². The molecule has 0 saturated carbocycles. The molecule has 1 aromatic carbocycles. The minimum Gasteiger partial charge on any atom is -0.379 e. The Bertz CT molecular complexity index is 401. The van der Waals surface area contributed by atoms with E-state index in [-0.39, 0.29) is 6.04 Å². The quantitative estimate of drug-likeness (QED) is 0.644. The number of rotatable bonds is 3. The Morgan fingerprint density at radius 2 is 2.06 bits per heavy atom. The molecule has 0 fully saturated rings. The molecule has 0 aromatic heterocycles. The van der Waals surface area contributed by atoms with Crippen molar-refractivity contribution in [2.75, 3.05) is 0 Å². The van der Waals surface area contributed by atoms with E-state index in [9.17, 15) is 0 Å². The van der Waals surface area contributed by atoms with Gasteiger partial charge in [0.2, 0.25) is 0 Å². The van der Waals surface area contributed by atoms with Gasteiger partial charge in [-0.2, -0.15) is 5.26 Å². The van der Waals surface area contributed by atoms with Crippen molar-refractivity contribution in [2.45, 2.75) is 25.6 Å². The molecule has 2 N–H and O–H groups in total. The first kappa shape index (κ1) is 12.6. The largest absolute Gasteiger partial charge is 0.379 e. The monoisotopic (exact) mass is 233 g/mol. The Morgan fingerprint density at radius 1 is 1.44 bits per heavy atom. The Morgan fingerprint density at radius 3 is 2.56 bits per heavy atom. The molecule has 3 nitrogen and oxygen atoms in total. The van der Waals surface area contributed by atoms with Gasteiger partial charge in [0.05, 0.1) is 11.6 Å². The minimum absolute atomic E-state index is 0.230. The number of hydrogen-bond donors (Lipinski definition) is 1. The van der Waals surface area contributed by atoms with E-state index in [1.165, 1.54) is 11.8 Å². The zero-order chi connectivity index (χ0) is 12.0. The molecule has 0 heterocycles. The predicted molar refractivity (Wildman–Crippen MR) is 69.2 cm³/mol. The maximum atomic E-state index is 8.65. The molecule has 4 heteroatoms. The van der Waals surface area contributed by atoms with Crippen molar-refractivity contribution in [3.63, 3.8) is 0 Å². The van der Waals surface area contributed by atoms with Crippen LogP contribution in [0.25, 0.3) is 0 Å². The lowest BCUT2D eigenvalue weighted by Crippen LogP contribution is -2.09. The van der Waals surface area contributed by atoms with Crippen LogP contribution in [0.4, 0.5) is 0 Å². The summed E-state index contributed by atoms with van der Waals surface area (Å²) in [6, 6.07) is 9.82. The number of nitriles is 1. The van der Waals surface area contributed by atoms with E-state index in [0.717, 1.165) is 11.3 Å². The molecule has 0 amide bonds. The number of amidine groups is 1. The van der Waals surface area contributed by atoms with Gasteiger partial charge >= 0.3 is 0 Å². The number of aliphatic imine (C=N–C) groups is 1. The fraction of sp³-hybridized carbons (Fsp3) is 0.333. The lowest BCUT2D eigenvalue weighted by atomic mass is 10.2. The van der Waals surface area contributed by atoms with Crippen LogP contribution in [0, 0.1) is 11.3 Å². The molecule has 0 radical (unpaired) electrons. The van der Waals surface area contributed by atoms with E-state index in [4.69, 9.17) is 11.0 Å². The average molecular weight is 233 g/mol. The van der Waals surface area contributed by atoms with Crippen LogP contribution in [-0.4, -0.2) is 11.2 Å². The number of nitrogens with two attached hydrogens (primary N) is 1. The van der Waals surface area contributed by atoms with Gasteiger partial charge in [0.15, 0.2) is 5.17 Å². The Kier molecular flexibility index (Phi) is 4.87. The van der Waals surface area contributed by atoms with Crippen molar-refractivity contribution in [3.05, 3.63) is 35.4 Å². The molecule has 0 spiro atoms. The molecule has 0 aliphatic rings. The molecule has 1 aromatic rings. The highest BCUT2D eigenvalue weighted by Crippen LogP contribution is 2.13. The summed E-state index contributed by atoms with van der Waals surface area (Å²) in [5.74, 6) is 0.785. The van der Waals surface area contributed by atoms with Crippen LogP contribution in [0.3, 0.4) is 0 Å². The number of benzene rings is 1. The Labute approximate surface area is 100 Å². The number of thioether (sulfide) groups is 1. The summed E-state index contributed by atoms with van der Waals surface area (Å²) in [5.41, 5.74) is 7.56. The van der Waals surface area contributed by atoms with Crippen molar-refractivity contribution in [1.29, 1.82) is 5.26 Å². The fourth-order valence-electron chi connectivity index (χ4n) is 1.12. The zero-order valence-corrected chi connectivity index (χ0v) is 10.3. The number of hydrogen-bond acceptors (Lipinski definition) is 3. The lowest BCUT2D eigenvalue weighted by molar-refractivity contribution is 0.838.